The highest BCUT2D eigenvalue weighted by Gasteiger charge is 2.15. The lowest BCUT2D eigenvalue weighted by atomic mass is 10.1. The van der Waals surface area contributed by atoms with E-state index in [0.29, 0.717) is 22.9 Å². The number of nitrogens with one attached hydrogen (secondary N) is 1. The summed E-state index contributed by atoms with van der Waals surface area (Å²) in [5.74, 6) is 0.261. The lowest BCUT2D eigenvalue weighted by molar-refractivity contribution is 0.102. The molecule has 3 aromatic rings. The van der Waals surface area contributed by atoms with Gasteiger partial charge in [-0.05, 0) is 67.3 Å². The van der Waals surface area contributed by atoms with Gasteiger partial charge in [-0.3, -0.25) is 4.79 Å². The van der Waals surface area contributed by atoms with Crippen molar-refractivity contribution in [1.82, 2.24) is 0 Å². The van der Waals surface area contributed by atoms with Crippen LogP contribution in [0.15, 0.2) is 72.8 Å². The van der Waals surface area contributed by atoms with Crippen LogP contribution in [0.25, 0.3) is 0 Å². The molecular weight excluding hydrogens is 396 g/mol. The van der Waals surface area contributed by atoms with E-state index in [1.807, 2.05) is 42.5 Å². The standard InChI is InChI=1S/C25H25ClN2O2/c26-20-9-14-24(30-18-19-7-3-1-4-8-19)23(17-20)25(29)27-21-10-12-22(13-11-21)28-15-5-2-6-16-28/h1,3-4,7-14,17H,2,5-6,15-16,18H2,(H,27,29). The number of piperidine rings is 1. The Bertz CT molecular complexity index is 984. The van der Waals surface area contributed by atoms with Gasteiger partial charge in [0.25, 0.3) is 5.91 Å². The maximum absolute atomic E-state index is 12.9. The zero-order valence-electron chi connectivity index (χ0n) is 16.8. The molecule has 0 radical (unpaired) electrons. The molecule has 1 saturated heterocycles. The van der Waals surface area contributed by atoms with E-state index in [1.165, 1.54) is 24.9 Å². The normalized spacial score (nSPS) is 13.7. The van der Waals surface area contributed by atoms with Gasteiger partial charge in [-0.1, -0.05) is 41.9 Å². The van der Waals surface area contributed by atoms with Crippen molar-refractivity contribution < 1.29 is 9.53 Å². The minimum absolute atomic E-state index is 0.244. The van der Waals surface area contributed by atoms with Gasteiger partial charge in [0, 0.05) is 29.5 Å². The van der Waals surface area contributed by atoms with E-state index in [2.05, 4.69) is 22.3 Å². The number of halogens is 1. The number of benzene rings is 3. The molecule has 0 aliphatic carbocycles. The van der Waals surface area contributed by atoms with Gasteiger partial charge < -0.3 is 15.0 Å². The average Bonchev–Trinajstić information content (AvgIpc) is 2.80. The van der Waals surface area contributed by atoms with E-state index in [0.717, 1.165) is 24.3 Å². The third kappa shape index (κ3) is 5.14. The summed E-state index contributed by atoms with van der Waals surface area (Å²) in [6.45, 7) is 2.57. The first-order chi connectivity index (χ1) is 14.7. The topological polar surface area (TPSA) is 41.6 Å². The van der Waals surface area contributed by atoms with Gasteiger partial charge >= 0.3 is 0 Å². The number of rotatable bonds is 6. The van der Waals surface area contributed by atoms with E-state index in [4.69, 9.17) is 16.3 Å². The molecule has 3 aromatic carbocycles. The summed E-state index contributed by atoms with van der Waals surface area (Å²) in [5.41, 5.74) is 3.39. The van der Waals surface area contributed by atoms with Gasteiger partial charge in [-0.2, -0.15) is 0 Å². The number of carbonyl (C=O) groups is 1. The molecule has 4 rings (SSSR count). The molecule has 0 bridgehead atoms. The summed E-state index contributed by atoms with van der Waals surface area (Å²) < 4.78 is 5.91. The predicted octanol–water partition coefficient (Wildman–Crippen LogP) is 6.16. The van der Waals surface area contributed by atoms with Crippen molar-refractivity contribution in [2.45, 2.75) is 25.9 Å². The smallest absolute Gasteiger partial charge is 0.259 e. The van der Waals surface area contributed by atoms with Crippen LogP contribution in [0.2, 0.25) is 5.02 Å². The van der Waals surface area contributed by atoms with Crippen molar-refractivity contribution >= 4 is 28.9 Å². The Labute approximate surface area is 182 Å². The summed E-state index contributed by atoms with van der Waals surface area (Å²) in [5, 5.41) is 3.45. The van der Waals surface area contributed by atoms with Gasteiger partial charge in [0.2, 0.25) is 0 Å². The highest BCUT2D eigenvalue weighted by Crippen LogP contribution is 2.26. The first-order valence-electron chi connectivity index (χ1n) is 10.3. The van der Waals surface area contributed by atoms with Crippen LogP contribution in [-0.2, 0) is 6.61 Å². The highest BCUT2D eigenvalue weighted by molar-refractivity contribution is 6.31. The molecule has 1 amide bonds. The van der Waals surface area contributed by atoms with Gasteiger partial charge in [-0.25, -0.2) is 0 Å². The number of ether oxygens (including phenoxy) is 1. The van der Waals surface area contributed by atoms with E-state index in [-0.39, 0.29) is 5.91 Å². The average molecular weight is 421 g/mol. The first-order valence-corrected chi connectivity index (χ1v) is 10.7. The Morgan fingerprint density at radius 2 is 1.67 bits per heavy atom. The van der Waals surface area contributed by atoms with Crippen LogP contribution in [0.1, 0.15) is 35.2 Å². The SMILES string of the molecule is O=C(Nc1ccc(N2CCCCC2)cc1)c1cc(Cl)ccc1OCc1ccccc1. The molecule has 1 aliphatic rings. The van der Waals surface area contributed by atoms with Crippen molar-refractivity contribution in [2.24, 2.45) is 0 Å². The van der Waals surface area contributed by atoms with Crippen molar-refractivity contribution in [3.8, 4) is 5.75 Å². The zero-order valence-corrected chi connectivity index (χ0v) is 17.6. The highest BCUT2D eigenvalue weighted by atomic mass is 35.5. The fourth-order valence-corrected chi connectivity index (χ4v) is 3.82. The quantitative estimate of drug-likeness (QED) is 0.519. The van der Waals surface area contributed by atoms with Crippen LogP contribution in [0.3, 0.4) is 0 Å². The molecule has 0 saturated carbocycles. The van der Waals surface area contributed by atoms with Crippen molar-refractivity contribution in [1.29, 1.82) is 0 Å². The van der Waals surface area contributed by atoms with Crippen molar-refractivity contribution in [2.75, 3.05) is 23.3 Å². The second-order valence-electron chi connectivity index (χ2n) is 7.46. The lowest BCUT2D eigenvalue weighted by Gasteiger charge is -2.28. The molecule has 1 aliphatic heterocycles. The van der Waals surface area contributed by atoms with Crippen LogP contribution in [0, 0.1) is 0 Å². The Balaban J connectivity index is 1.45. The number of anilines is 2. The van der Waals surface area contributed by atoms with Crippen LogP contribution < -0.4 is 15.0 Å². The van der Waals surface area contributed by atoms with E-state index in [1.54, 1.807) is 18.2 Å². The lowest BCUT2D eigenvalue weighted by Crippen LogP contribution is -2.29. The van der Waals surface area contributed by atoms with Crippen LogP contribution in [0.5, 0.6) is 5.75 Å². The summed E-state index contributed by atoms with van der Waals surface area (Å²) in [4.78, 5) is 15.3. The summed E-state index contributed by atoms with van der Waals surface area (Å²) in [6, 6.07) is 23.0. The molecule has 0 unspecified atom stereocenters. The number of hydrogen-bond donors (Lipinski definition) is 1. The third-order valence-corrected chi connectivity index (χ3v) is 5.50. The molecule has 5 heteroatoms. The zero-order chi connectivity index (χ0) is 20.8. The second kappa shape index (κ2) is 9.68. The molecule has 0 atom stereocenters. The minimum atomic E-state index is -0.244. The number of hydrogen-bond acceptors (Lipinski definition) is 3. The molecule has 1 N–H and O–H groups in total. The van der Waals surface area contributed by atoms with Crippen LogP contribution >= 0.6 is 11.6 Å². The van der Waals surface area contributed by atoms with E-state index >= 15 is 0 Å². The number of carbonyl (C=O) groups excluding carboxylic acids is 1. The predicted molar refractivity (Wildman–Crippen MR) is 123 cm³/mol. The van der Waals surface area contributed by atoms with Crippen LogP contribution in [0.4, 0.5) is 11.4 Å². The van der Waals surface area contributed by atoms with E-state index in [9.17, 15) is 4.79 Å². The molecule has 30 heavy (non-hydrogen) atoms. The summed E-state index contributed by atoms with van der Waals surface area (Å²) >= 11 is 6.15. The van der Waals surface area contributed by atoms with Crippen LogP contribution in [-0.4, -0.2) is 19.0 Å². The van der Waals surface area contributed by atoms with Crippen molar-refractivity contribution in [3.05, 3.63) is 88.9 Å². The number of amides is 1. The molecule has 1 heterocycles. The van der Waals surface area contributed by atoms with E-state index < -0.39 is 0 Å². The monoisotopic (exact) mass is 420 g/mol. The molecule has 1 fully saturated rings. The van der Waals surface area contributed by atoms with Gasteiger partial charge in [0.1, 0.15) is 12.4 Å². The Hall–Kier alpha value is -2.98. The minimum Gasteiger partial charge on any atom is -0.488 e. The molecule has 0 spiro atoms. The first kappa shape index (κ1) is 20.3. The fraction of sp³-hybridized carbons (Fsp3) is 0.240. The maximum atomic E-state index is 12.9. The Morgan fingerprint density at radius 1 is 0.933 bits per heavy atom. The maximum Gasteiger partial charge on any atom is 0.259 e. The van der Waals surface area contributed by atoms with Gasteiger partial charge in [0.15, 0.2) is 0 Å². The summed E-state index contributed by atoms with van der Waals surface area (Å²) in [7, 11) is 0. The van der Waals surface area contributed by atoms with Gasteiger partial charge in [0.05, 0.1) is 5.56 Å². The number of nitrogens with zero attached hydrogens (tertiary/aromatic N) is 1. The molecular formula is C25H25ClN2O2. The summed E-state index contributed by atoms with van der Waals surface area (Å²) in [6.07, 6.45) is 3.77. The molecule has 4 nitrogen and oxygen atoms in total. The largest absolute Gasteiger partial charge is 0.488 e. The molecule has 154 valence electrons. The molecule has 0 aromatic heterocycles. The Kier molecular flexibility index (Phi) is 6.55. The van der Waals surface area contributed by atoms with Gasteiger partial charge in [-0.15, -0.1) is 0 Å². The second-order valence-corrected chi connectivity index (χ2v) is 7.90. The fourth-order valence-electron chi connectivity index (χ4n) is 3.65. The third-order valence-electron chi connectivity index (χ3n) is 5.27. The Morgan fingerprint density at radius 3 is 2.40 bits per heavy atom. The van der Waals surface area contributed by atoms with Crippen molar-refractivity contribution in [3.63, 3.8) is 0 Å².